The first kappa shape index (κ1) is 78.3. The Kier molecular flexibility index (Phi) is 41.5. The van der Waals surface area contributed by atoms with Crippen molar-refractivity contribution in [2.75, 3.05) is 46.1 Å². The van der Waals surface area contributed by atoms with Gasteiger partial charge in [-0.1, -0.05) is 141 Å². The molecule has 0 aromatic heterocycles. The van der Waals surface area contributed by atoms with E-state index in [-0.39, 0.29) is 45.7 Å². The van der Waals surface area contributed by atoms with Crippen molar-refractivity contribution in [2.24, 2.45) is 0 Å². The number of rotatable bonds is 48. The summed E-state index contributed by atoms with van der Waals surface area (Å²) in [6, 6.07) is -1.15. The smallest absolute Gasteiger partial charge is 0.407 e. The molecular weight excluding hydrogens is 1160 g/mol. The van der Waals surface area contributed by atoms with Crippen LogP contribution in [0.15, 0.2) is 24.3 Å². The molecule has 3 aliphatic heterocycles. The Morgan fingerprint density at radius 3 is 1.52 bits per heavy atom. The van der Waals surface area contributed by atoms with Gasteiger partial charge in [-0.25, -0.2) is 8.98 Å². The highest BCUT2D eigenvalue weighted by molar-refractivity contribution is 7.80. The van der Waals surface area contributed by atoms with Gasteiger partial charge in [0.1, 0.15) is 68.1 Å². The number of β-amino-alcohol motifs (C(OH)–C–C–N with tert-alkyl or cyclic N) is 1. The lowest BCUT2D eigenvalue weighted by molar-refractivity contribution is -0.354. The Bertz CT molecular complexity index is 1930. The van der Waals surface area contributed by atoms with Gasteiger partial charge < -0.3 is 79.3 Å². The molecule has 3 rings (SSSR count). The molecular formula is C62H112N2O22S. The Labute approximate surface area is 517 Å². The molecule has 0 aliphatic carbocycles. The predicted octanol–water partition coefficient (Wildman–Crippen LogP) is 6.29. The first-order chi connectivity index (χ1) is 41.8. The molecule has 3 fully saturated rings. The van der Waals surface area contributed by atoms with Crippen LogP contribution in [-0.2, 0) is 57.3 Å². The van der Waals surface area contributed by atoms with E-state index in [0.29, 0.717) is 25.7 Å². The fraction of sp³-hybridized carbons (Fsp3) is 0.887. The van der Waals surface area contributed by atoms with Gasteiger partial charge in [0.2, 0.25) is 0 Å². The molecule has 0 radical (unpaired) electrons. The SMILES string of the molecule is CCCCCCCC/C=C\CCCCCCCC(=O)OCC(COC(=O)CCCCCCC/C=C\CCCCCCCC)OC(=O)NCCCCN1C[C@H](O)[C@@H](O[C@@H]2O[C@@H](C)[C@@H](O)[C@@H](O)[C@@H]2O)[C@H](O[C@@H]2O[C@H](CO)[C@H](O)[C@H](OS(=O)(=O)O)[C@H]2O)[C@H]1CO. The number of hydrogen-bond acceptors (Lipinski definition) is 22. The normalized spacial score (nSPS) is 27.3. The zero-order valence-electron chi connectivity index (χ0n) is 52.3. The Morgan fingerprint density at radius 1 is 0.563 bits per heavy atom. The monoisotopic (exact) mass is 1270 g/mol. The summed E-state index contributed by atoms with van der Waals surface area (Å²) in [5, 5.41) is 88.5. The average molecular weight is 1270 g/mol. The Morgan fingerprint density at radius 2 is 1.03 bits per heavy atom. The molecule has 14 atom stereocenters. The van der Waals surface area contributed by atoms with Crippen molar-refractivity contribution >= 4 is 28.4 Å². The molecule has 0 aromatic rings. The van der Waals surface area contributed by atoms with Crippen molar-refractivity contribution in [3.05, 3.63) is 24.3 Å². The number of hydrogen-bond donors (Lipinski definition) is 10. The fourth-order valence-corrected chi connectivity index (χ4v) is 11.4. The van der Waals surface area contributed by atoms with Crippen LogP contribution < -0.4 is 5.32 Å². The van der Waals surface area contributed by atoms with Gasteiger partial charge in [0.05, 0.1) is 31.5 Å². The second-order valence-corrected chi connectivity index (χ2v) is 24.6. The van der Waals surface area contributed by atoms with Crippen molar-refractivity contribution in [3.63, 3.8) is 0 Å². The standard InChI is InChI=1S/C62H112N2O22S/c1-4-6-8-10-12-14-16-18-20-22-24-26-28-30-32-36-50(68)79-43-46(44-80-51(69)37-33-31-29-27-25-23-21-19-17-15-13-11-9-7-5-2)82-62(75)63-38-34-35-39-64-40-48(67)58(85-60-55(73)54(72)52(70)45(3)81-60)57(47(64)41-65)84-61-56(74)59(86-87(76,77)78)53(71)49(42-66)83-61/h18-21,45-49,52-61,65-67,70-74H,4-17,22-44H2,1-3H3,(H,63,75)(H,76,77,78)/b20-18-,21-19-/t45-,47+,48-,49+,52+,53-,54+,55-,56+,57+,58+,59-,60-,61-/m0/s1. The van der Waals surface area contributed by atoms with Crippen molar-refractivity contribution in [1.82, 2.24) is 10.2 Å². The molecule has 0 spiro atoms. The summed E-state index contributed by atoms with van der Waals surface area (Å²) in [6.45, 7) is 3.43. The number of carbonyl (C=O) groups is 3. The van der Waals surface area contributed by atoms with Crippen LogP contribution in [0.2, 0.25) is 0 Å². The van der Waals surface area contributed by atoms with Crippen LogP contribution >= 0.6 is 0 Å². The summed E-state index contributed by atoms with van der Waals surface area (Å²) in [5.74, 6) is -0.926. The van der Waals surface area contributed by atoms with Crippen LogP contribution in [0.5, 0.6) is 0 Å². The van der Waals surface area contributed by atoms with Gasteiger partial charge >= 0.3 is 28.4 Å². The molecule has 24 nitrogen and oxygen atoms in total. The lowest BCUT2D eigenvalue weighted by Gasteiger charge is -2.50. The highest BCUT2D eigenvalue weighted by Gasteiger charge is 2.54. The van der Waals surface area contributed by atoms with Gasteiger partial charge in [-0.3, -0.25) is 19.0 Å². The van der Waals surface area contributed by atoms with Crippen LogP contribution in [0.3, 0.4) is 0 Å². The molecule has 3 heterocycles. The third-order valence-corrected chi connectivity index (χ3v) is 16.6. The largest absolute Gasteiger partial charge is 0.462 e. The third-order valence-electron chi connectivity index (χ3n) is 16.2. The van der Waals surface area contributed by atoms with Gasteiger partial charge in [0, 0.05) is 25.9 Å². The van der Waals surface area contributed by atoms with E-state index in [4.69, 9.17) is 33.2 Å². The van der Waals surface area contributed by atoms with Gasteiger partial charge in [-0.15, -0.1) is 0 Å². The number of likely N-dealkylation sites (tertiary alicyclic amines) is 1. The summed E-state index contributed by atoms with van der Waals surface area (Å²) in [6.07, 6.45) is 14.6. The number of ether oxygens (including phenoxy) is 7. The van der Waals surface area contributed by atoms with Gasteiger partial charge in [0.15, 0.2) is 18.7 Å². The predicted molar refractivity (Wildman–Crippen MR) is 323 cm³/mol. The summed E-state index contributed by atoms with van der Waals surface area (Å²) in [7, 11) is -5.31. The minimum absolute atomic E-state index is 0.0490. The van der Waals surface area contributed by atoms with Crippen molar-refractivity contribution < 1.29 is 106 Å². The second kappa shape index (κ2) is 46.2. The first-order valence-corrected chi connectivity index (χ1v) is 34.1. The molecule has 3 aliphatic rings. The zero-order chi connectivity index (χ0) is 63.8. The van der Waals surface area contributed by atoms with E-state index >= 15 is 0 Å². The molecule has 3 saturated heterocycles. The summed E-state index contributed by atoms with van der Waals surface area (Å²) >= 11 is 0. The van der Waals surface area contributed by atoms with Crippen LogP contribution in [0.4, 0.5) is 4.79 Å². The highest BCUT2D eigenvalue weighted by Crippen LogP contribution is 2.34. The summed E-state index contributed by atoms with van der Waals surface area (Å²) < 4.78 is 77.3. The number of amides is 1. The number of nitrogens with one attached hydrogen (secondary N) is 1. The maximum Gasteiger partial charge on any atom is 0.407 e. The number of unbranched alkanes of at least 4 members (excludes halogenated alkanes) is 23. The second-order valence-electron chi connectivity index (χ2n) is 23.6. The van der Waals surface area contributed by atoms with Gasteiger partial charge in [-0.05, 0) is 90.5 Å². The minimum atomic E-state index is -5.31. The average Bonchev–Trinajstić information content (AvgIpc) is 0.933. The number of esters is 2. The van der Waals surface area contributed by atoms with E-state index in [1.807, 2.05) is 0 Å². The molecule has 0 saturated carbocycles. The molecule has 0 aromatic carbocycles. The lowest BCUT2D eigenvalue weighted by Crippen LogP contribution is -2.68. The number of aliphatic hydroxyl groups excluding tert-OH is 8. The van der Waals surface area contributed by atoms with E-state index in [9.17, 15) is 68.2 Å². The van der Waals surface area contributed by atoms with Crippen LogP contribution in [0.25, 0.3) is 0 Å². The van der Waals surface area contributed by atoms with Crippen molar-refractivity contribution in [1.29, 1.82) is 0 Å². The number of piperidine rings is 1. The van der Waals surface area contributed by atoms with E-state index < -0.39 is 134 Å². The van der Waals surface area contributed by atoms with Crippen LogP contribution in [0.1, 0.15) is 213 Å². The van der Waals surface area contributed by atoms with E-state index in [1.54, 1.807) is 4.90 Å². The third kappa shape index (κ3) is 32.3. The number of allylic oxidation sites excluding steroid dienone is 4. The minimum Gasteiger partial charge on any atom is -0.462 e. The van der Waals surface area contributed by atoms with Crippen molar-refractivity contribution in [3.8, 4) is 0 Å². The maximum absolute atomic E-state index is 13.2. The maximum atomic E-state index is 13.2. The molecule has 508 valence electrons. The van der Waals surface area contributed by atoms with E-state index in [2.05, 4.69) is 47.7 Å². The quantitative estimate of drug-likeness (QED) is 0.0105. The molecule has 0 bridgehead atoms. The number of nitrogens with zero attached hydrogens (tertiary/aromatic N) is 1. The first-order valence-electron chi connectivity index (χ1n) is 32.7. The Balaban J connectivity index is 1.56. The summed E-state index contributed by atoms with van der Waals surface area (Å²) in [4.78, 5) is 40.5. The fourth-order valence-electron chi connectivity index (χ4n) is 10.9. The number of aliphatic hydroxyl groups is 8. The van der Waals surface area contributed by atoms with Gasteiger partial charge in [0.25, 0.3) is 0 Å². The molecule has 1 amide bonds. The molecule has 0 unspecified atom stereocenters. The molecule has 25 heteroatoms. The Hall–Kier alpha value is -2.96. The van der Waals surface area contributed by atoms with Crippen LogP contribution in [-0.4, -0.2) is 215 Å². The zero-order valence-corrected chi connectivity index (χ0v) is 53.1. The van der Waals surface area contributed by atoms with E-state index in [0.717, 1.165) is 77.0 Å². The molecule has 10 N–H and O–H groups in total. The van der Waals surface area contributed by atoms with Gasteiger partial charge in [-0.2, -0.15) is 8.42 Å². The summed E-state index contributed by atoms with van der Waals surface area (Å²) in [5.41, 5.74) is 0. The number of carbonyl (C=O) groups excluding carboxylic acids is 3. The van der Waals surface area contributed by atoms with E-state index in [1.165, 1.54) is 84.0 Å². The highest BCUT2D eigenvalue weighted by atomic mass is 32.3. The molecule has 87 heavy (non-hydrogen) atoms. The van der Waals surface area contributed by atoms with Crippen LogP contribution in [0, 0.1) is 0 Å². The lowest BCUT2D eigenvalue weighted by atomic mass is 9.92. The number of alkyl carbamates (subject to hydrolysis) is 1. The van der Waals surface area contributed by atoms with Crippen molar-refractivity contribution in [2.45, 2.75) is 305 Å². The topological polar surface area (TPSA) is 357 Å².